The van der Waals surface area contributed by atoms with Gasteiger partial charge in [0.2, 0.25) is 5.91 Å². The molecule has 5 heteroatoms. The fourth-order valence-corrected chi connectivity index (χ4v) is 0.978. The molecular formula is C9H13N3O2. The van der Waals surface area contributed by atoms with Gasteiger partial charge in [-0.2, -0.15) is 0 Å². The number of aromatic nitrogens is 2. The zero-order chi connectivity index (χ0) is 10.6. The second-order valence-electron chi connectivity index (χ2n) is 3.00. The van der Waals surface area contributed by atoms with Crippen molar-refractivity contribution in [1.82, 2.24) is 14.5 Å². The highest BCUT2D eigenvalue weighted by Crippen LogP contribution is 1.95. The van der Waals surface area contributed by atoms with Crippen LogP contribution in [0.4, 0.5) is 0 Å². The third-order valence-corrected chi connectivity index (χ3v) is 1.99. The van der Waals surface area contributed by atoms with Gasteiger partial charge in [0, 0.05) is 19.8 Å². The van der Waals surface area contributed by atoms with Gasteiger partial charge in [0.1, 0.15) is 12.2 Å². The highest BCUT2D eigenvalue weighted by atomic mass is 16.2. The van der Waals surface area contributed by atoms with E-state index in [0.29, 0.717) is 18.5 Å². The predicted octanol–water partition coefficient (Wildman–Crippen LogP) is 0.174. The zero-order valence-electron chi connectivity index (χ0n) is 8.30. The fraction of sp³-hybridized carbons (Fsp3) is 0.444. The van der Waals surface area contributed by atoms with Gasteiger partial charge < -0.3 is 9.47 Å². The molecule has 0 bridgehead atoms. The maximum atomic E-state index is 11.4. The molecular weight excluding hydrogens is 182 g/mol. The fourth-order valence-electron chi connectivity index (χ4n) is 0.978. The van der Waals surface area contributed by atoms with Crippen molar-refractivity contribution in [1.29, 1.82) is 0 Å². The van der Waals surface area contributed by atoms with Crippen molar-refractivity contribution in [2.45, 2.75) is 13.5 Å². The average Bonchev–Trinajstić information content (AvgIpc) is 2.64. The smallest absolute Gasteiger partial charge is 0.242 e. The Labute approximate surface area is 82.3 Å². The number of rotatable bonds is 4. The Kier molecular flexibility index (Phi) is 3.39. The quantitative estimate of drug-likeness (QED) is 0.644. The largest absolute Gasteiger partial charge is 0.344 e. The molecule has 0 saturated heterocycles. The van der Waals surface area contributed by atoms with E-state index in [0.717, 1.165) is 0 Å². The van der Waals surface area contributed by atoms with Crippen molar-refractivity contribution >= 4 is 12.2 Å². The summed E-state index contributed by atoms with van der Waals surface area (Å²) in [7, 11) is 1.74. The molecule has 1 rings (SSSR count). The Morgan fingerprint density at radius 1 is 1.71 bits per heavy atom. The molecule has 14 heavy (non-hydrogen) atoms. The third-order valence-electron chi connectivity index (χ3n) is 1.99. The molecule has 76 valence electrons. The lowest BCUT2D eigenvalue weighted by Crippen LogP contribution is -2.29. The number of hydrogen-bond acceptors (Lipinski definition) is 3. The van der Waals surface area contributed by atoms with E-state index >= 15 is 0 Å². The van der Waals surface area contributed by atoms with Gasteiger partial charge in [0.05, 0.1) is 6.33 Å². The minimum Gasteiger partial charge on any atom is -0.344 e. The van der Waals surface area contributed by atoms with Gasteiger partial charge in [-0.1, -0.05) is 0 Å². The monoisotopic (exact) mass is 195 g/mol. The summed E-state index contributed by atoms with van der Waals surface area (Å²) in [5.74, 6) is 0.00217. The molecule has 0 unspecified atom stereocenters. The summed E-state index contributed by atoms with van der Waals surface area (Å²) >= 11 is 0. The van der Waals surface area contributed by atoms with Crippen molar-refractivity contribution in [3.05, 3.63) is 18.2 Å². The lowest BCUT2D eigenvalue weighted by Gasteiger charge is -2.14. The average molecular weight is 195 g/mol. The van der Waals surface area contributed by atoms with Gasteiger partial charge in [0.25, 0.3) is 0 Å². The topological polar surface area (TPSA) is 55.2 Å². The Hall–Kier alpha value is -1.65. The van der Waals surface area contributed by atoms with Gasteiger partial charge in [-0.25, -0.2) is 4.98 Å². The Bertz CT molecular complexity index is 333. The summed E-state index contributed by atoms with van der Waals surface area (Å²) in [5, 5.41) is 0. The van der Waals surface area contributed by atoms with Gasteiger partial charge in [0.15, 0.2) is 6.29 Å². The molecule has 0 N–H and O–H groups in total. The van der Waals surface area contributed by atoms with Crippen LogP contribution in [0.3, 0.4) is 0 Å². The number of nitrogens with zero attached hydrogens (tertiary/aromatic N) is 3. The molecule has 1 heterocycles. The number of hydrogen-bond donors (Lipinski definition) is 0. The highest BCUT2D eigenvalue weighted by Gasteiger charge is 2.07. The van der Waals surface area contributed by atoms with Crippen LogP contribution in [0.15, 0.2) is 12.5 Å². The van der Waals surface area contributed by atoms with Crippen LogP contribution in [0.25, 0.3) is 0 Å². The van der Waals surface area contributed by atoms with Gasteiger partial charge in [-0.05, 0) is 6.92 Å². The first kappa shape index (κ1) is 10.4. The minimum absolute atomic E-state index is 0.00217. The molecule has 0 aliphatic heterocycles. The van der Waals surface area contributed by atoms with Crippen LogP contribution in [0.5, 0.6) is 0 Å². The van der Waals surface area contributed by atoms with E-state index in [-0.39, 0.29) is 12.5 Å². The van der Waals surface area contributed by atoms with Crippen LogP contribution in [-0.4, -0.2) is 40.2 Å². The van der Waals surface area contributed by atoms with Crippen LogP contribution < -0.4 is 0 Å². The Morgan fingerprint density at radius 2 is 2.43 bits per heavy atom. The number of imidazole rings is 1. The molecule has 1 aromatic heterocycles. The molecule has 0 atom stereocenters. The summed E-state index contributed by atoms with van der Waals surface area (Å²) in [6.45, 7) is 2.81. The molecule has 0 aromatic carbocycles. The standard InChI is InChI=1S/C9H13N3O2/c1-3-11(2)9(14)5-12-4-8(6-13)10-7-12/h4,6-7H,3,5H2,1-2H3. The number of likely N-dealkylation sites (N-methyl/N-ethyl adjacent to an activating group) is 1. The van der Waals surface area contributed by atoms with Crippen LogP contribution >= 0.6 is 0 Å². The van der Waals surface area contributed by atoms with Crippen molar-refractivity contribution < 1.29 is 9.59 Å². The lowest BCUT2D eigenvalue weighted by atomic mass is 10.5. The summed E-state index contributed by atoms with van der Waals surface area (Å²) in [6, 6.07) is 0. The molecule has 0 saturated carbocycles. The first-order chi connectivity index (χ1) is 6.67. The van der Waals surface area contributed by atoms with Crippen LogP contribution in [0, 0.1) is 0 Å². The molecule has 5 nitrogen and oxygen atoms in total. The van der Waals surface area contributed by atoms with E-state index in [1.165, 1.54) is 6.33 Å². The lowest BCUT2D eigenvalue weighted by molar-refractivity contribution is -0.130. The van der Waals surface area contributed by atoms with Gasteiger partial charge >= 0.3 is 0 Å². The molecule has 0 fully saturated rings. The van der Waals surface area contributed by atoms with E-state index in [4.69, 9.17) is 0 Å². The highest BCUT2D eigenvalue weighted by molar-refractivity contribution is 5.76. The first-order valence-corrected chi connectivity index (χ1v) is 4.38. The van der Waals surface area contributed by atoms with Crippen LogP contribution in [0.1, 0.15) is 17.4 Å². The molecule has 1 amide bonds. The van der Waals surface area contributed by atoms with Crippen molar-refractivity contribution in [3.8, 4) is 0 Å². The van der Waals surface area contributed by atoms with Crippen LogP contribution in [0.2, 0.25) is 0 Å². The summed E-state index contributed by atoms with van der Waals surface area (Å²) in [4.78, 5) is 27.2. The molecule has 0 spiro atoms. The maximum Gasteiger partial charge on any atom is 0.242 e. The molecule has 0 radical (unpaired) electrons. The van der Waals surface area contributed by atoms with Gasteiger partial charge in [-0.3, -0.25) is 9.59 Å². The van der Waals surface area contributed by atoms with E-state index < -0.39 is 0 Å². The number of aldehydes is 1. The SMILES string of the molecule is CCN(C)C(=O)Cn1cnc(C=O)c1. The second-order valence-corrected chi connectivity index (χ2v) is 3.00. The molecule has 0 aliphatic rings. The summed E-state index contributed by atoms with van der Waals surface area (Å²) in [5.41, 5.74) is 0.344. The van der Waals surface area contributed by atoms with Crippen LogP contribution in [-0.2, 0) is 11.3 Å². The molecule has 1 aromatic rings. The summed E-state index contributed by atoms with van der Waals surface area (Å²) in [6.07, 6.45) is 3.68. The normalized spacial score (nSPS) is 9.86. The zero-order valence-corrected chi connectivity index (χ0v) is 8.30. The van der Waals surface area contributed by atoms with E-state index in [1.807, 2.05) is 6.92 Å². The second kappa shape index (κ2) is 4.55. The van der Waals surface area contributed by atoms with Gasteiger partial charge in [-0.15, -0.1) is 0 Å². The number of carbonyl (C=O) groups excluding carboxylic acids is 2. The Balaban J connectivity index is 2.60. The van der Waals surface area contributed by atoms with E-state index in [9.17, 15) is 9.59 Å². The predicted molar refractivity (Wildman–Crippen MR) is 50.9 cm³/mol. The minimum atomic E-state index is 0.00217. The van der Waals surface area contributed by atoms with E-state index in [2.05, 4.69) is 4.98 Å². The Morgan fingerprint density at radius 3 is 2.93 bits per heavy atom. The van der Waals surface area contributed by atoms with E-state index in [1.54, 1.807) is 22.7 Å². The van der Waals surface area contributed by atoms with Crippen molar-refractivity contribution in [2.75, 3.05) is 13.6 Å². The molecule has 0 aliphatic carbocycles. The number of carbonyl (C=O) groups is 2. The number of amides is 1. The third kappa shape index (κ3) is 2.42. The van der Waals surface area contributed by atoms with Crippen molar-refractivity contribution in [2.24, 2.45) is 0 Å². The van der Waals surface area contributed by atoms with Crippen molar-refractivity contribution in [3.63, 3.8) is 0 Å². The maximum absolute atomic E-state index is 11.4. The summed E-state index contributed by atoms with van der Waals surface area (Å²) < 4.78 is 1.60. The first-order valence-electron chi connectivity index (χ1n) is 4.38.